The van der Waals surface area contributed by atoms with Gasteiger partial charge in [0.05, 0.1) is 17.7 Å². The van der Waals surface area contributed by atoms with Crippen LogP contribution in [-0.2, 0) is 13.0 Å². The molecule has 0 aliphatic carbocycles. The van der Waals surface area contributed by atoms with Gasteiger partial charge in [-0.2, -0.15) is 5.10 Å². The number of fused-ring (bicyclic) bond motifs is 1. The number of allylic oxidation sites excluding steroid dienone is 3. The van der Waals surface area contributed by atoms with Crippen LogP contribution in [0.3, 0.4) is 0 Å². The lowest BCUT2D eigenvalue weighted by molar-refractivity contribution is 0.0757. The third-order valence-electron chi connectivity index (χ3n) is 6.54. The lowest BCUT2D eigenvalue weighted by Gasteiger charge is -2.35. The highest BCUT2D eigenvalue weighted by molar-refractivity contribution is 5.89. The van der Waals surface area contributed by atoms with Gasteiger partial charge in [-0.1, -0.05) is 67.3 Å². The molecule has 0 radical (unpaired) electrons. The van der Waals surface area contributed by atoms with Gasteiger partial charge in [-0.3, -0.25) is 5.10 Å². The average molecular weight is 472 g/mol. The van der Waals surface area contributed by atoms with Crippen molar-refractivity contribution in [2.75, 3.05) is 18.8 Å². The van der Waals surface area contributed by atoms with Crippen LogP contribution in [0.1, 0.15) is 24.5 Å². The quantitative estimate of drug-likeness (QED) is 0.423. The van der Waals surface area contributed by atoms with Crippen molar-refractivity contribution in [1.29, 1.82) is 0 Å². The minimum absolute atomic E-state index is 0.0888. The van der Waals surface area contributed by atoms with Gasteiger partial charge in [-0.25, -0.2) is 4.79 Å². The van der Waals surface area contributed by atoms with Crippen LogP contribution in [0.5, 0.6) is 0 Å². The highest BCUT2D eigenvalue weighted by Gasteiger charge is 2.36. The van der Waals surface area contributed by atoms with Gasteiger partial charge in [0.15, 0.2) is 5.82 Å². The number of carbonyl (C=O) groups excluding carboxylic acids is 1. The number of nitrogen functional groups attached to an aromatic ring is 1. The summed E-state index contributed by atoms with van der Waals surface area (Å²) >= 11 is 0. The summed E-state index contributed by atoms with van der Waals surface area (Å²) in [7, 11) is 0. The van der Waals surface area contributed by atoms with Crippen molar-refractivity contribution in [1.82, 2.24) is 20.0 Å². The standard InChI is InChI=1S/C28H33N5O2/c1-3-5-9-20(4-2)19-33-25(17-21-10-7-6-8-11-21)26(34)14-15-32(28(33)35)18-22-12-13-24-23(16-22)27(29)31-30-24/h3-13,16,25-26,34H,1,14-15,17-19H2,2H3,(H3,29,30,31)/b9-5-,20-4+. The Morgan fingerprint density at radius 1 is 1.26 bits per heavy atom. The number of nitrogens with one attached hydrogen (secondary N) is 1. The van der Waals surface area contributed by atoms with Crippen molar-refractivity contribution in [3.05, 3.63) is 96.1 Å². The van der Waals surface area contributed by atoms with E-state index in [9.17, 15) is 9.90 Å². The third-order valence-corrected chi connectivity index (χ3v) is 6.54. The molecule has 2 aromatic carbocycles. The van der Waals surface area contributed by atoms with E-state index in [2.05, 4.69) is 16.8 Å². The van der Waals surface area contributed by atoms with E-state index in [1.165, 1.54) is 0 Å². The maximum absolute atomic E-state index is 13.9. The number of H-pyrrole nitrogens is 1. The van der Waals surface area contributed by atoms with Gasteiger partial charge in [-0.05, 0) is 48.6 Å². The highest BCUT2D eigenvalue weighted by Crippen LogP contribution is 2.25. The van der Waals surface area contributed by atoms with Crippen LogP contribution in [0.25, 0.3) is 10.9 Å². The summed E-state index contributed by atoms with van der Waals surface area (Å²) in [6, 6.07) is 15.5. The molecule has 0 spiro atoms. The predicted octanol–water partition coefficient (Wildman–Crippen LogP) is 4.43. The van der Waals surface area contributed by atoms with Crippen LogP contribution >= 0.6 is 0 Å². The van der Waals surface area contributed by atoms with E-state index < -0.39 is 6.10 Å². The Bertz CT molecular complexity index is 1230. The second-order valence-corrected chi connectivity index (χ2v) is 8.89. The van der Waals surface area contributed by atoms with Crippen molar-refractivity contribution >= 4 is 22.8 Å². The zero-order chi connectivity index (χ0) is 24.8. The molecule has 1 aliphatic heterocycles. The second-order valence-electron chi connectivity index (χ2n) is 8.89. The summed E-state index contributed by atoms with van der Waals surface area (Å²) in [5, 5.41) is 19.0. The molecule has 1 aliphatic rings. The Kier molecular flexibility index (Phi) is 7.67. The smallest absolute Gasteiger partial charge is 0.320 e. The zero-order valence-corrected chi connectivity index (χ0v) is 20.1. The number of urea groups is 1. The maximum Gasteiger partial charge on any atom is 0.320 e. The fourth-order valence-corrected chi connectivity index (χ4v) is 4.57. The first kappa shape index (κ1) is 24.3. The summed E-state index contributed by atoms with van der Waals surface area (Å²) < 4.78 is 0. The van der Waals surface area contributed by atoms with Crippen molar-refractivity contribution in [3.63, 3.8) is 0 Å². The molecule has 7 nitrogen and oxygen atoms in total. The summed E-state index contributed by atoms with van der Waals surface area (Å²) in [6.45, 7) is 7.00. The maximum atomic E-state index is 13.9. The molecule has 1 saturated heterocycles. The molecule has 2 amide bonds. The van der Waals surface area contributed by atoms with Crippen molar-refractivity contribution in [3.8, 4) is 0 Å². The molecule has 35 heavy (non-hydrogen) atoms. The van der Waals surface area contributed by atoms with Crippen LogP contribution < -0.4 is 5.73 Å². The number of benzene rings is 2. The van der Waals surface area contributed by atoms with E-state index in [0.29, 0.717) is 38.3 Å². The molecule has 2 unspecified atom stereocenters. The van der Waals surface area contributed by atoms with Crippen molar-refractivity contribution in [2.45, 2.75) is 38.5 Å². The van der Waals surface area contributed by atoms with Gasteiger partial charge in [0, 0.05) is 25.0 Å². The summed E-state index contributed by atoms with van der Waals surface area (Å²) in [5.74, 6) is 0.441. The third kappa shape index (κ3) is 5.63. The first-order valence-electron chi connectivity index (χ1n) is 11.9. The minimum atomic E-state index is -0.641. The number of aromatic nitrogens is 2. The molecule has 1 fully saturated rings. The molecular weight excluding hydrogens is 438 g/mol. The Balaban J connectivity index is 1.64. The number of anilines is 1. The Morgan fingerprint density at radius 3 is 2.80 bits per heavy atom. The van der Waals surface area contributed by atoms with Gasteiger partial charge < -0.3 is 20.6 Å². The van der Waals surface area contributed by atoms with Crippen LogP contribution in [-0.4, -0.2) is 56.4 Å². The molecule has 7 heteroatoms. The fourth-order valence-electron chi connectivity index (χ4n) is 4.57. The minimum Gasteiger partial charge on any atom is -0.391 e. The fraction of sp³-hybridized carbons (Fsp3) is 0.286. The number of carbonyl (C=O) groups is 1. The topological polar surface area (TPSA) is 98.5 Å². The number of amides is 2. The molecular formula is C28H33N5O2. The number of nitrogens with two attached hydrogens (primary N) is 1. The summed E-state index contributed by atoms with van der Waals surface area (Å²) in [4.78, 5) is 17.6. The van der Waals surface area contributed by atoms with Crippen LogP contribution in [0, 0.1) is 0 Å². The van der Waals surface area contributed by atoms with Gasteiger partial charge in [0.25, 0.3) is 0 Å². The lowest BCUT2D eigenvalue weighted by atomic mass is 9.98. The predicted molar refractivity (Wildman–Crippen MR) is 141 cm³/mol. The van der Waals surface area contributed by atoms with Crippen LogP contribution in [0.15, 0.2) is 85.0 Å². The molecule has 0 saturated carbocycles. The van der Waals surface area contributed by atoms with E-state index in [4.69, 9.17) is 5.73 Å². The summed E-state index contributed by atoms with van der Waals surface area (Å²) in [6.07, 6.45) is 7.97. The van der Waals surface area contributed by atoms with Gasteiger partial charge >= 0.3 is 6.03 Å². The van der Waals surface area contributed by atoms with E-state index in [1.807, 2.05) is 83.5 Å². The molecule has 4 N–H and O–H groups in total. The van der Waals surface area contributed by atoms with Gasteiger partial charge in [0.1, 0.15) is 0 Å². The average Bonchev–Trinajstić information content (AvgIpc) is 3.21. The molecule has 2 atom stereocenters. The molecule has 0 bridgehead atoms. The number of hydrogen-bond acceptors (Lipinski definition) is 4. The normalized spacial score (nSPS) is 19.5. The second kappa shape index (κ2) is 11.1. The Hall–Kier alpha value is -3.84. The van der Waals surface area contributed by atoms with Gasteiger partial charge in [-0.15, -0.1) is 0 Å². The Labute approximate surface area is 206 Å². The monoisotopic (exact) mass is 471 g/mol. The number of rotatable bonds is 8. The zero-order valence-electron chi connectivity index (χ0n) is 20.1. The van der Waals surface area contributed by atoms with Gasteiger partial charge in [0.2, 0.25) is 0 Å². The van der Waals surface area contributed by atoms with Crippen LogP contribution in [0.2, 0.25) is 0 Å². The molecule has 182 valence electrons. The Morgan fingerprint density at radius 2 is 2.06 bits per heavy atom. The number of nitrogens with zero attached hydrogens (tertiary/aromatic N) is 3. The molecule has 2 heterocycles. The number of hydrogen-bond donors (Lipinski definition) is 3. The van der Waals surface area contributed by atoms with E-state index in [1.54, 1.807) is 6.08 Å². The SMILES string of the molecule is C=C/C=C\C(=C/C)CN1C(=O)N(Cc2ccc3[nH]nc(N)c3c2)CCC(O)C1Cc1ccccc1. The largest absolute Gasteiger partial charge is 0.391 e. The highest BCUT2D eigenvalue weighted by atomic mass is 16.3. The molecule has 1 aromatic heterocycles. The lowest BCUT2D eigenvalue weighted by Crippen LogP contribution is -2.50. The van der Waals surface area contributed by atoms with E-state index >= 15 is 0 Å². The first-order valence-corrected chi connectivity index (χ1v) is 11.9. The first-order chi connectivity index (χ1) is 17.0. The molecule has 4 rings (SSSR count). The van der Waals surface area contributed by atoms with Crippen LogP contribution in [0.4, 0.5) is 10.6 Å². The van der Waals surface area contributed by atoms with E-state index in [0.717, 1.165) is 27.6 Å². The number of aromatic amines is 1. The number of aliphatic hydroxyl groups is 1. The molecule has 3 aromatic rings. The van der Waals surface area contributed by atoms with E-state index in [-0.39, 0.29) is 12.1 Å². The number of aliphatic hydroxyl groups excluding tert-OH is 1. The van der Waals surface area contributed by atoms with Crippen molar-refractivity contribution in [2.24, 2.45) is 0 Å². The summed E-state index contributed by atoms with van der Waals surface area (Å²) in [5.41, 5.74) is 9.89. The van der Waals surface area contributed by atoms with Crippen molar-refractivity contribution < 1.29 is 9.90 Å².